The molecule has 0 bridgehead atoms. The zero-order valence-electron chi connectivity index (χ0n) is 15.7. The van der Waals surface area contributed by atoms with Gasteiger partial charge in [0.25, 0.3) is 5.91 Å². The van der Waals surface area contributed by atoms with Crippen molar-refractivity contribution in [3.63, 3.8) is 0 Å². The van der Waals surface area contributed by atoms with E-state index in [-0.39, 0.29) is 22.1 Å². The zero-order chi connectivity index (χ0) is 20.5. The van der Waals surface area contributed by atoms with Crippen LogP contribution in [0.5, 0.6) is 5.75 Å². The summed E-state index contributed by atoms with van der Waals surface area (Å²) in [6.07, 6.45) is 1.47. The normalized spacial score (nSPS) is 11.4. The Morgan fingerprint density at radius 1 is 1.18 bits per heavy atom. The average molecular weight is 417 g/mol. The van der Waals surface area contributed by atoms with Crippen LogP contribution in [0, 0.1) is 13.8 Å². The first kappa shape index (κ1) is 20.0. The number of aromatic nitrogens is 1. The average Bonchev–Trinajstić information content (AvgIpc) is 3.13. The minimum absolute atomic E-state index is 0.0426. The van der Waals surface area contributed by atoms with E-state index in [0.29, 0.717) is 9.88 Å². The summed E-state index contributed by atoms with van der Waals surface area (Å²) in [7, 11) is -3.45. The largest absolute Gasteiger partial charge is 0.506 e. The maximum atomic E-state index is 12.6. The Labute approximate surface area is 167 Å². The van der Waals surface area contributed by atoms with Crippen LogP contribution in [0.4, 0.5) is 5.69 Å². The molecule has 0 fully saturated rings. The Morgan fingerprint density at radius 3 is 2.61 bits per heavy atom. The van der Waals surface area contributed by atoms with Gasteiger partial charge in [-0.1, -0.05) is 30.7 Å². The lowest BCUT2D eigenvalue weighted by molar-refractivity contribution is 0.103. The van der Waals surface area contributed by atoms with Crippen LogP contribution in [0.3, 0.4) is 0 Å². The van der Waals surface area contributed by atoms with Gasteiger partial charge in [-0.2, -0.15) is 0 Å². The molecular weight excluding hydrogens is 396 g/mol. The molecule has 28 heavy (non-hydrogen) atoms. The number of phenols is 1. The van der Waals surface area contributed by atoms with Crippen molar-refractivity contribution in [1.29, 1.82) is 0 Å². The summed E-state index contributed by atoms with van der Waals surface area (Å²) < 4.78 is 24.1. The molecule has 0 saturated carbocycles. The number of benzene rings is 2. The highest BCUT2D eigenvalue weighted by Crippen LogP contribution is 2.31. The number of carbonyl (C=O) groups excluding carboxylic acids is 1. The summed E-state index contributed by atoms with van der Waals surface area (Å²) in [5, 5.41) is 13.3. The fourth-order valence-corrected chi connectivity index (χ4v) is 4.52. The fraction of sp³-hybridized carbons (Fsp3) is 0.200. The van der Waals surface area contributed by atoms with E-state index >= 15 is 0 Å². The summed E-state index contributed by atoms with van der Waals surface area (Å²) >= 11 is 1.23. The molecule has 0 aliphatic rings. The van der Waals surface area contributed by atoms with Gasteiger partial charge in [0.1, 0.15) is 15.6 Å². The number of carbonyl (C=O) groups is 1. The molecule has 1 heterocycles. The highest BCUT2D eigenvalue weighted by molar-refractivity contribution is 7.91. The number of sulfone groups is 1. The van der Waals surface area contributed by atoms with E-state index in [4.69, 9.17) is 0 Å². The summed E-state index contributed by atoms with van der Waals surface area (Å²) in [6.45, 7) is 5.53. The second-order valence-electron chi connectivity index (χ2n) is 6.38. The molecule has 0 aliphatic heterocycles. The van der Waals surface area contributed by atoms with Crippen molar-refractivity contribution in [1.82, 2.24) is 4.98 Å². The number of aryl methyl sites for hydroxylation is 2. The van der Waals surface area contributed by atoms with Crippen LogP contribution in [0.25, 0.3) is 10.6 Å². The smallest absolute Gasteiger partial charge is 0.267 e. The van der Waals surface area contributed by atoms with Crippen LogP contribution < -0.4 is 5.32 Å². The predicted octanol–water partition coefficient (Wildman–Crippen LogP) is 4.18. The second kappa shape index (κ2) is 7.73. The predicted molar refractivity (Wildman–Crippen MR) is 111 cm³/mol. The van der Waals surface area contributed by atoms with Crippen LogP contribution >= 0.6 is 11.3 Å². The molecule has 1 amide bonds. The molecule has 146 valence electrons. The van der Waals surface area contributed by atoms with E-state index in [2.05, 4.69) is 10.3 Å². The van der Waals surface area contributed by atoms with Crippen molar-refractivity contribution in [2.24, 2.45) is 0 Å². The summed E-state index contributed by atoms with van der Waals surface area (Å²) in [5.41, 5.74) is 3.21. The molecule has 1 aromatic heterocycles. The SMILES string of the molecule is CCS(=O)(=O)c1ccc(O)c(NC(=O)c2cnc(-c3ccc(C)cc3C)s2)c1. The van der Waals surface area contributed by atoms with Crippen LogP contribution in [-0.2, 0) is 9.84 Å². The van der Waals surface area contributed by atoms with Gasteiger partial charge in [0.2, 0.25) is 0 Å². The summed E-state index contributed by atoms with van der Waals surface area (Å²) in [5.74, 6) is -0.739. The van der Waals surface area contributed by atoms with Gasteiger partial charge in [0, 0.05) is 5.56 Å². The molecule has 0 saturated heterocycles. The van der Waals surface area contributed by atoms with Gasteiger partial charge in [-0.05, 0) is 37.6 Å². The number of nitrogens with one attached hydrogen (secondary N) is 1. The Kier molecular flexibility index (Phi) is 5.53. The van der Waals surface area contributed by atoms with Crippen molar-refractivity contribution in [3.05, 3.63) is 58.6 Å². The third kappa shape index (κ3) is 4.07. The fourth-order valence-electron chi connectivity index (χ4n) is 2.72. The van der Waals surface area contributed by atoms with Gasteiger partial charge < -0.3 is 10.4 Å². The molecule has 3 rings (SSSR count). The van der Waals surface area contributed by atoms with Crippen molar-refractivity contribution in [2.45, 2.75) is 25.7 Å². The minimum atomic E-state index is -3.45. The van der Waals surface area contributed by atoms with Crippen molar-refractivity contribution in [3.8, 4) is 16.3 Å². The number of rotatable bonds is 5. The molecule has 8 heteroatoms. The standard InChI is InChI=1S/C20H20N2O4S2/c1-4-28(25,26)14-6-8-17(23)16(10-14)22-19(24)18-11-21-20(27-18)15-7-5-12(2)9-13(15)3/h5-11,23H,4H2,1-3H3,(H,22,24). The molecule has 0 unspecified atom stereocenters. The molecule has 3 aromatic rings. The number of hydrogen-bond acceptors (Lipinski definition) is 6. The number of thiazole rings is 1. The van der Waals surface area contributed by atoms with Gasteiger partial charge in [-0.3, -0.25) is 4.79 Å². The topological polar surface area (TPSA) is 96.4 Å². The summed E-state index contributed by atoms with van der Waals surface area (Å²) in [4.78, 5) is 17.3. The molecular formula is C20H20N2O4S2. The number of aromatic hydroxyl groups is 1. The van der Waals surface area contributed by atoms with Crippen LogP contribution in [-0.4, -0.2) is 30.2 Å². The first-order valence-electron chi connectivity index (χ1n) is 8.62. The molecule has 0 aliphatic carbocycles. The van der Waals surface area contributed by atoms with Gasteiger partial charge in [-0.25, -0.2) is 13.4 Å². The maximum Gasteiger partial charge on any atom is 0.267 e. The van der Waals surface area contributed by atoms with E-state index in [0.717, 1.165) is 16.7 Å². The lowest BCUT2D eigenvalue weighted by Crippen LogP contribution is -2.11. The summed E-state index contributed by atoms with van der Waals surface area (Å²) in [6, 6.07) is 9.84. The second-order valence-corrected chi connectivity index (χ2v) is 9.69. The Hall–Kier alpha value is -2.71. The molecule has 0 spiro atoms. The molecule has 2 N–H and O–H groups in total. The Balaban J connectivity index is 1.87. The lowest BCUT2D eigenvalue weighted by Gasteiger charge is -2.09. The molecule has 0 radical (unpaired) electrons. The van der Waals surface area contributed by atoms with E-state index in [1.165, 1.54) is 42.7 Å². The van der Waals surface area contributed by atoms with E-state index in [1.807, 2.05) is 32.0 Å². The first-order valence-corrected chi connectivity index (χ1v) is 11.1. The third-order valence-electron chi connectivity index (χ3n) is 4.30. The Morgan fingerprint density at radius 2 is 1.93 bits per heavy atom. The van der Waals surface area contributed by atoms with E-state index in [9.17, 15) is 18.3 Å². The number of phenolic OH excluding ortho intramolecular Hbond substituents is 1. The number of nitrogens with zero attached hydrogens (tertiary/aromatic N) is 1. The molecule has 6 nitrogen and oxygen atoms in total. The van der Waals surface area contributed by atoms with Crippen LogP contribution in [0.2, 0.25) is 0 Å². The zero-order valence-corrected chi connectivity index (χ0v) is 17.3. The third-order valence-corrected chi connectivity index (χ3v) is 7.06. The molecule has 0 atom stereocenters. The number of anilines is 1. The number of hydrogen-bond donors (Lipinski definition) is 2. The van der Waals surface area contributed by atoms with Gasteiger partial charge in [-0.15, -0.1) is 11.3 Å². The Bertz CT molecular complexity index is 1150. The van der Waals surface area contributed by atoms with Gasteiger partial charge in [0.15, 0.2) is 9.84 Å². The highest BCUT2D eigenvalue weighted by atomic mass is 32.2. The monoisotopic (exact) mass is 416 g/mol. The molecule has 2 aromatic carbocycles. The van der Waals surface area contributed by atoms with E-state index < -0.39 is 15.7 Å². The van der Waals surface area contributed by atoms with Crippen molar-refractivity contribution in [2.75, 3.05) is 11.1 Å². The first-order chi connectivity index (χ1) is 13.2. The minimum Gasteiger partial charge on any atom is -0.506 e. The van der Waals surface area contributed by atoms with Crippen molar-refractivity contribution >= 4 is 32.8 Å². The van der Waals surface area contributed by atoms with E-state index in [1.54, 1.807) is 0 Å². The number of amides is 1. The van der Waals surface area contributed by atoms with Crippen LogP contribution in [0.15, 0.2) is 47.5 Å². The maximum absolute atomic E-state index is 12.6. The van der Waals surface area contributed by atoms with Gasteiger partial charge in [0.05, 0.1) is 22.5 Å². The highest BCUT2D eigenvalue weighted by Gasteiger charge is 2.18. The van der Waals surface area contributed by atoms with Crippen molar-refractivity contribution < 1.29 is 18.3 Å². The van der Waals surface area contributed by atoms with Crippen LogP contribution in [0.1, 0.15) is 27.7 Å². The lowest BCUT2D eigenvalue weighted by atomic mass is 10.1. The van der Waals surface area contributed by atoms with Gasteiger partial charge >= 0.3 is 0 Å². The quantitative estimate of drug-likeness (QED) is 0.608.